The average molecular weight is 258 g/mol. The van der Waals surface area contributed by atoms with Crippen molar-refractivity contribution < 1.29 is 4.79 Å². The van der Waals surface area contributed by atoms with Crippen LogP contribution in [0.2, 0.25) is 0 Å². The minimum absolute atomic E-state index is 0.269. The third-order valence-corrected chi connectivity index (χ3v) is 3.16. The number of carbonyl (C=O) groups excluding carboxylic acids is 1. The first-order chi connectivity index (χ1) is 9.24. The summed E-state index contributed by atoms with van der Waals surface area (Å²) >= 11 is 0. The molecule has 19 heavy (non-hydrogen) atoms. The molecule has 3 rings (SSSR count). The predicted molar refractivity (Wildman–Crippen MR) is 68.9 cm³/mol. The third-order valence-electron chi connectivity index (χ3n) is 3.16. The molecule has 1 aliphatic rings. The Bertz CT molecular complexity index is 604. The Morgan fingerprint density at radius 3 is 3.05 bits per heavy atom. The second-order valence-electron chi connectivity index (χ2n) is 4.54. The average Bonchev–Trinajstić information content (AvgIpc) is 2.79. The molecule has 1 saturated heterocycles. The van der Waals surface area contributed by atoms with Crippen LogP contribution in [0.4, 0.5) is 5.69 Å². The van der Waals surface area contributed by atoms with E-state index in [-0.39, 0.29) is 5.91 Å². The molecule has 2 aromatic heterocycles. The van der Waals surface area contributed by atoms with Crippen molar-refractivity contribution in [3.8, 4) is 0 Å². The Morgan fingerprint density at radius 1 is 1.53 bits per heavy atom. The van der Waals surface area contributed by atoms with Crippen molar-refractivity contribution in [1.82, 2.24) is 25.3 Å². The van der Waals surface area contributed by atoms with Gasteiger partial charge in [0, 0.05) is 19.3 Å². The molecular formula is C12H14N6O. The third kappa shape index (κ3) is 2.32. The standard InChI is InChI=1S/C12H14N6O/c1-8-2-3-13-6-10(8)15-12(19)11-7-18(17-16-11)9-4-14-5-9/h2-3,6-7,9,14H,4-5H2,1H3,(H,15,19). The highest BCUT2D eigenvalue weighted by molar-refractivity contribution is 6.02. The normalized spacial score (nSPS) is 15.0. The first kappa shape index (κ1) is 11.8. The second kappa shape index (κ2) is 4.77. The van der Waals surface area contributed by atoms with Gasteiger partial charge in [-0.15, -0.1) is 5.10 Å². The fourth-order valence-electron chi connectivity index (χ4n) is 1.80. The van der Waals surface area contributed by atoms with Gasteiger partial charge in [0.05, 0.1) is 24.1 Å². The molecule has 2 N–H and O–H groups in total. The zero-order valence-electron chi connectivity index (χ0n) is 10.5. The van der Waals surface area contributed by atoms with Crippen molar-refractivity contribution in [3.63, 3.8) is 0 Å². The molecule has 98 valence electrons. The molecule has 7 nitrogen and oxygen atoms in total. The zero-order valence-corrected chi connectivity index (χ0v) is 10.5. The number of carbonyl (C=O) groups is 1. The summed E-state index contributed by atoms with van der Waals surface area (Å²) < 4.78 is 1.72. The van der Waals surface area contributed by atoms with E-state index >= 15 is 0 Å². The highest BCUT2D eigenvalue weighted by Gasteiger charge is 2.21. The lowest BCUT2D eigenvalue weighted by Gasteiger charge is -2.26. The van der Waals surface area contributed by atoms with Crippen molar-refractivity contribution in [2.75, 3.05) is 18.4 Å². The zero-order chi connectivity index (χ0) is 13.2. The lowest BCUT2D eigenvalue weighted by molar-refractivity contribution is 0.102. The van der Waals surface area contributed by atoms with Crippen LogP contribution in [0.15, 0.2) is 24.7 Å². The number of aromatic nitrogens is 4. The van der Waals surface area contributed by atoms with E-state index in [1.165, 1.54) is 0 Å². The topological polar surface area (TPSA) is 84.7 Å². The van der Waals surface area contributed by atoms with Crippen molar-refractivity contribution in [1.29, 1.82) is 0 Å². The number of rotatable bonds is 3. The molecule has 0 aliphatic carbocycles. The number of anilines is 1. The lowest BCUT2D eigenvalue weighted by Crippen LogP contribution is -2.43. The van der Waals surface area contributed by atoms with Crippen molar-refractivity contribution in [3.05, 3.63) is 35.9 Å². The summed E-state index contributed by atoms with van der Waals surface area (Å²) in [4.78, 5) is 16.0. The number of nitrogens with zero attached hydrogens (tertiary/aromatic N) is 4. The molecule has 0 bridgehead atoms. The van der Waals surface area contributed by atoms with E-state index < -0.39 is 0 Å². The maximum Gasteiger partial charge on any atom is 0.277 e. The summed E-state index contributed by atoms with van der Waals surface area (Å²) in [6, 6.07) is 2.14. The van der Waals surface area contributed by atoms with Crippen LogP contribution in [-0.4, -0.2) is 39.0 Å². The van der Waals surface area contributed by atoms with E-state index in [0.717, 1.165) is 18.7 Å². The molecule has 0 saturated carbocycles. The van der Waals surface area contributed by atoms with Crippen LogP contribution in [-0.2, 0) is 0 Å². The number of aryl methyl sites for hydroxylation is 1. The molecule has 0 spiro atoms. The van der Waals surface area contributed by atoms with Crippen LogP contribution in [0.3, 0.4) is 0 Å². The van der Waals surface area contributed by atoms with Gasteiger partial charge in [-0.05, 0) is 18.6 Å². The Balaban J connectivity index is 1.73. The summed E-state index contributed by atoms with van der Waals surface area (Å²) in [5.41, 5.74) is 1.96. The van der Waals surface area contributed by atoms with Gasteiger partial charge in [0.2, 0.25) is 0 Å². The number of hydrogen-bond donors (Lipinski definition) is 2. The van der Waals surface area contributed by atoms with E-state index in [1.54, 1.807) is 23.3 Å². The number of nitrogens with one attached hydrogen (secondary N) is 2. The molecule has 3 heterocycles. The van der Waals surface area contributed by atoms with Crippen molar-refractivity contribution >= 4 is 11.6 Å². The SMILES string of the molecule is Cc1ccncc1NC(=O)c1cn(C2CNC2)nn1. The van der Waals surface area contributed by atoms with Crippen LogP contribution in [0, 0.1) is 6.92 Å². The maximum absolute atomic E-state index is 12.0. The Labute approximate surface area is 110 Å². The highest BCUT2D eigenvalue weighted by atomic mass is 16.2. The maximum atomic E-state index is 12.0. The van der Waals surface area contributed by atoms with Crippen LogP contribution >= 0.6 is 0 Å². The van der Waals surface area contributed by atoms with Gasteiger partial charge in [-0.2, -0.15) is 0 Å². The lowest BCUT2D eigenvalue weighted by atomic mass is 10.2. The minimum atomic E-state index is -0.269. The van der Waals surface area contributed by atoms with E-state index in [9.17, 15) is 4.79 Å². The number of amides is 1. The van der Waals surface area contributed by atoms with Gasteiger partial charge in [-0.25, -0.2) is 4.68 Å². The van der Waals surface area contributed by atoms with Gasteiger partial charge < -0.3 is 10.6 Å². The van der Waals surface area contributed by atoms with Crippen molar-refractivity contribution in [2.24, 2.45) is 0 Å². The van der Waals surface area contributed by atoms with Crippen LogP contribution < -0.4 is 10.6 Å². The summed E-state index contributed by atoms with van der Waals surface area (Å²) in [6.07, 6.45) is 4.98. The molecule has 1 aliphatic heterocycles. The molecule has 2 aromatic rings. The van der Waals surface area contributed by atoms with Gasteiger partial charge >= 0.3 is 0 Å². The van der Waals surface area contributed by atoms with E-state index in [4.69, 9.17) is 0 Å². The quantitative estimate of drug-likeness (QED) is 0.831. The second-order valence-corrected chi connectivity index (χ2v) is 4.54. The Kier molecular flexibility index (Phi) is 2.96. The monoisotopic (exact) mass is 258 g/mol. The molecular weight excluding hydrogens is 244 g/mol. The van der Waals surface area contributed by atoms with Gasteiger partial charge in [-0.1, -0.05) is 5.21 Å². The van der Waals surface area contributed by atoms with Gasteiger partial charge in [0.1, 0.15) is 0 Å². The van der Waals surface area contributed by atoms with Crippen LogP contribution in [0.5, 0.6) is 0 Å². The summed E-state index contributed by atoms with van der Waals surface area (Å²) in [5, 5.41) is 13.8. The fourth-order valence-corrected chi connectivity index (χ4v) is 1.80. The molecule has 0 aromatic carbocycles. The van der Waals surface area contributed by atoms with Gasteiger partial charge in [0.15, 0.2) is 5.69 Å². The van der Waals surface area contributed by atoms with Crippen molar-refractivity contribution in [2.45, 2.75) is 13.0 Å². The molecule has 0 radical (unpaired) electrons. The van der Waals surface area contributed by atoms with E-state index in [1.807, 2.05) is 13.0 Å². The predicted octanol–water partition coefficient (Wildman–Crippen LogP) is 0.378. The summed E-state index contributed by atoms with van der Waals surface area (Å²) in [6.45, 7) is 3.65. The fraction of sp³-hybridized carbons (Fsp3) is 0.333. The van der Waals surface area contributed by atoms with E-state index in [2.05, 4.69) is 25.9 Å². The first-order valence-corrected chi connectivity index (χ1v) is 6.08. The number of pyridine rings is 1. The van der Waals surface area contributed by atoms with Crippen LogP contribution in [0.1, 0.15) is 22.1 Å². The first-order valence-electron chi connectivity index (χ1n) is 6.08. The molecule has 1 fully saturated rings. The van der Waals surface area contributed by atoms with Gasteiger partial charge in [0.25, 0.3) is 5.91 Å². The largest absolute Gasteiger partial charge is 0.319 e. The Morgan fingerprint density at radius 2 is 2.37 bits per heavy atom. The van der Waals surface area contributed by atoms with Crippen LogP contribution in [0.25, 0.3) is 0 Å². The Hall–Kier alpha value is -2.28. The highest BCUT2D eigenvalue weighted by Crippen LogP contribution is 2.14. The molecule has 7 heteroatoms. The van der Waals surface area contributed by atoms with Gasteiger partial charge in [-0.3, -0.25) is 9.78 Å². The summed E-state index contributed by atoms with van der Waals surface area (Å²) in [7, 11) is 0. The smallest absolute Gasteiger partial charge is 0.277 e. The minimum Gasteiger partial charge on any atom is -0.319 e. The summed E-state index contributed by atoms with van der Waals surface area (Å²) in [5.74, 6) is -0.269. The molecule has 0 unspecified atom stereocenters. The van der Waals surface area contributed by atoms with E-state index in [0.29, 0.717) is 17.4 Å². The number of hydrogen-bond acceptors (Lipinski definition) is 5. The molecule has 1 amide bonds. The molecule has 0 atom stereocenters.